The van der Waals surface area contributed by atoms with E-state index in [1.54, 1.807) is 0 Å². The van der Waals surface area contributed by atoms with E-state index in [2.05, 4.69) is 34.4 Å². The monoisotopic (exact) mass is 527 g/mol. The molecule has 2 aliphatic rings. The van der Waals surface area contributed by atoms with Crippen LogP contribution in [-0.2, 0) is 10.8 Å². The molecule has 1 saturated carbocycles. The third kappa shape index (κ3) is 9.71. The van der Waals surface area contributed by atoms with E-state index in [4.69, 9.17) is 4.99 Å². The van der Waals surface area contributed by atoms with Gasteiger partial charge in [-0.1, -0.05) is 13.3 Å². The van der Waals surface area contributed by atoms with Crippen molar-refractivity contribution in [2.75, 3.05) is 58.6 Å². The number of likely N-dealkylation sites (N-methyl/N-ethyl adjacent to an activating group) is 1. The molecule has 1 saturated heterocycles. The van der Waals surface area contributed by atoms with E-state index in [1.165, 1.54) is 32.6 Å². The van der Waals surface area contributed by atoms with E-state index in [9.17, 15) is 4.21 Å². The summed E-state index contributed by atoms with van der Waals surface area (Å²) < 4.78 is 12.2. The van der Waals surface area contributed by atoms with Gasteiger partial charge in [0.2, 0.25) is 0 Å². The number of nitrogens with one attached hydrogen (secondary N) is 2. The first kappa shape index (κ1) is 26.1. The van der Waals surface area contributed by atoms with Crippen LogP contribution in [0.5, 0.6) is 0 Å². The largest absolute Gasteiger partial charge is 0.357 e. The molecule has 1 aliphatic heterocycles. The lowest BCUT2D eigenvalue weighted by atomic mass is 9.95. The smallest absolute Gasteiger partial charge is 0.191 e. The molecule has 0 bridgehead atoms. The topological polar surface area (TPSA) is 60.0 Å². The third-order valence-electron chi connectivity index (χ3n) is 5.68. The third-order valence-corrected chi connectivity index (χ3v) is 7.42. The van der Waals surface area contributed by atoms with Crippen molar-refractivity contribution >= 4 is 40.7 Å². The van der Waals surface area contributed by atoms with Gasteiger partial charge >= 0.3 is 0 Å². The Morgan fingerprint density at radius 3 is 2.71 bits per heavy atom. The van der Waals surface area contributed by atoms with Gasteiger partial charge < -0.3 is 20.4 Å². The molecule has 28 heavy (non-hydrogen) atoms. The summed E-state index contributed by atoms with van der Waals surface area (Å²) in [6.45, 7) is 11.8. The number of hydrogen-bond donors (Lipinski definition) is 2. The quantitative estimate of drug-likeness (QED) is 0.220. The number of guanidine groups is 1. The van der Waals surface area contributed by atoms with E-state index in [-0.39, 0.29) is 24.0 Å². The zero-order valence-corrected chi connectivity index (χ0v) is 21.3. The Kier molecular flexibility index (Phi) is 13.9. The predicted octanol–water partition coefficient (Wildman–Crippen LogP) is 2.27. The standard InChI is InChI=1S/C20H41N5OS.HI/c1-4-21-20(23-18-9-6-10-19(17-18)27(26)5-2)22-11-7-13-25-14-8-12-24(3)15-16-25;/h18-19H,4-17H2,1-3H3,(H2,21,22,23);1H. The Labute approximate surface area is 192 Å². The second-order valence-corrected chi connectivity index (χ2v) is 9.92. The second-order valence-electron chi connectivity index (χ2n) is 7.91. The van der Waals surface area contributed by atoms with Crippen LogP contribution in [0.1, 0.15) is 52.4 Å². The van der Waals surface area contributed by atoms with E-state index in [0.29, 0.717) is 11.3 Å². The molecule has 0 spiro atoms. The van der Waals surface area contributed by atoms with Gasteiger partial charge in [-0.2, -0.15) is 0 Å². The van der Waals surface area contributed by atoms with Gasteiger partial charge in [-0.3, -0.25) is 9.20 Å². The van der Waals surface area contributed by atoms with Crippen LogP contribution in [0.25, 0.3) is 0 Å². The summed E-state index contributed by atoms with van der Waals surface area (Å²) in [5.74, 6) is 1.71. The number of nitrogens with zero attached hydrogens (tertiary/aromatic N) is 3. The first-order chi connectivity index (χ1) is 13.1. The minimum Gasteiger partial charge on any atom is -0.357 e. The van der Waals surface area contributed by atoms with Gasteiger partial charge in [-0.25, -0.2) is 0 Å². The fourth-order valence-electron chi connectivity index (χ4n) is 4.07. The summed E-state index contributed by atoms with van der Waals surface area (Å²) in [5.41, 5.74) is 0. The second kappa shape index (κ2) is 15.0. The molecule has 0 amide bonds. The van der Waals surface area contributed by atoms with Crippen LogP contribution in [0, 0.1) is 0 Å². The lowest BCUT2D eigenvalue weighted by molar-refractivity contribution is 0.275. The van der Waals surface area contributed by atoms with E-state index < -0.39 is 10.8 Å². The summed E-state index contributed by atoms with van der Waals surface area (Å²) in [6.07, 6.45) is 6.81. The Morgan fingerprint density at radius 1 is 1.14 bits per heavy atom. The van der Waals surface area contributed by atoms with Gasteiger partial charge in [-0.05, 0) is 65.7 Å². The van der Waals surface area contributed by atoms with Crippen molar-refractivity contribution in [2.45, 2.75) is 63.7 Å². The maximum Gasteiger partial charge on any atom is 0.191 e. The van der Waals surface area contributed by atoms with Crippen LogP contribution in [0.4, 0.5) is 0 Å². The summed E-state index contributed by atoms with van der Waals surface area (Å²) in [6, 6.07) is 0.401. The van der Waals surface area contributed by atoms with Crippen LogP contribution in [0.3, 0.4) is 0 Å². The highest BCUT2D eigenvalue weighted by Crippen LogP contribution is 2.22. The molecule has 166 valence electrons. The van der Waals surface area contributed by atoms with Crippen LogP contribution in [-0.4, -0.2) is 89.9 Å². The van der Waals surface area contributed by atoms with Crippen LogP contribution in [0.15, 0.2) is 4.99 Å². The lowest BCUT2D eigenvalue weighted by Crippen LogP contribution is -2.46. The molecule has 8 heteroatoms. The molecular weight excluding hydrogens is 485 g/mol. The van der Waals surface area contributed by atoms with Crippen molar-refractivity contribution in [1.29, 1.82) is 0 Å². The molecule has 3 atom stereocenters. The summed E-state index contributed by atoms with van der Waals surface area (Å²) >= 11 is 0. The minimum absolute atomic E-state index is 0. The summed E-state index contributed by atoms with van der Waals surface area (Å²) in [5, 5.41) is 7.34. The van der Waals surface area contributed by atoms with Crippen molar-refractivity contribution in [3.05, 3.63) is 0 Å². The highest BCUT2D eigenvalue weighted by atomic mass is 127. The molecule has 0 aromatic carbocycles. The van der Waals surface area contributed by atoms with Crippen molar-refractivity contribution in [1.82, 2.24) is 20.4 Å². The fourth-order valence-corrected chi connectivity index (χ4v) is 5.42. The zero-order chi connectivity index (χ0) is 19.5. The SMILES string of the molecule is CCNC(=NCCCN1CCCN(C)CC1)NC1CCCC(S(=O)CC)C1.I. The van der Waals surface area contributed by atoms with Gasteiger partial charge in [-0.15, -0.1) is 24.0 Å². The van der Waals surface area contributed by atoms with Gasteiger partial charge in [0.25, 0.3) is 0 Å². The predicted molar refractivity (Wildman–Crippen MR) is 132 cm³/mol. The Hall–Kier alpha value is 0.0700. The van der Waals surface area contributed by atoms with Crippen LogP contribution in [0.2, 0.25) is 0 Å². The van der Waals surface area contributed by atoms with Crippen molar-refractivity contribution in [3.8, 4) is 0 Å². The number of halogens is 1. The molecule has 1 aliphatic carbocycles. The maximum atomic E-state index is 12.2. The Balaban J connectivity index is 0.00000392. The Bertz CT molecular complexity index is 480. The summed E-state index contributed by atoms with van der Waals surface area (Å²) in [7, 11) is 1.54. The molecule has 3 unspecified atom stereocenters. The van der Waals surface area contributed by atoms with Crippen LogP contribution < -0.4 is 10.6 Å². The molecule has 0 aromatic rings. The molecule has 1 heterocycles. The highest BCUT2D eigenvalue weighted by molar-refractivity contribution is 14.0. The van der Waals surface area contributed by atoms with Gasteiger partial charge in [0.05, 0.1) is 0 Å². The van der Waals surface area contributed by atoms with Gasteiger partial charge in [0.15, 0.2) is 5.96 Å². The molecule has 6 nitrogen and oxygen atoms in total. The molecule has 0 aromatic heterocycles. The molecular formula is C20H42IN5OS. The summed E-state index contributed by atoms with van der Waals surface area (Å²) in [4.78, 5) is 9.80. The van der Waals surface area contributed by atoms with Gasteiger partial charge in [0, 0.05) is 54.0 Å². The zero-order valence-electron chi connectivity index (χ0n) is 18.1. The van der Waals surface area contributed by atoms with Crippen molar-refractivity contribution in [2.24, 2.45) is 4.99 Å². The number of aliphatic imine (C=N–C) groups is 1. The fraction of sp³-hybridized carbons (Fsp3) is 0.950. The Morgan fingerprint density at radius 2 is 1.96 bits per heavy atom. The average molecular weight is 528 g/mol. The lowest BCUT2D eigenvalue weighted by Gasteiger charge is -2.30. The molecule has 0 radical (unpaired) electrons. The molecule has 2 fully saturated rings. The minimum atomic E-state index is -0.676. The first-order valence-electron chi connectivity index (χ1n) is 10.9. The number of rotatable bonds is 8. The maximum absolute atomic E-state index is 12.2. The number of hydrogen-bond acceptors (Lipinski definition) is 4. The normalized spacial score (nSPS) is 26.2. The van der Waals surface area contributed by atoms with E-state index in [1.807, 2.05) is 6.92 Å². The van der Waals surface area contributed by atoms with Crippen molar-refractivity contribution < 1.29 is 4.21 Å². The van der Waals surface area contributed by atoms with Crippen LogP contribution >= 0.6 is 24.0 Å². The van der Waals surface area contributed by atoms with Gasteiger partial charge in [0.1, 0.15) is 0 Å². The highest BCUT2D eigenvalue weighted by Gasteiger charge is 2.26. The first-order valence-corrected chi connectivity index (χ1v) is 12.3. The van der Waals surface area contributed by atoms with E-state index in [0.717, 1.165) is 63.5 Å². The van der Waals surface area contributed by atoms with Crippen molar-refractivity contribution in [3.63, 3.8) is 0 Å². The average Bonchev–Trinajstić information content (AvgIpc) is 2.89. The molecule has 2 N–H and O–H groups in total. The molecule has 2 rings (SSSR count). The van der Waals surface area contributed by atoms with E-state index >= 15 is 0 Å².